The van der Waals surface area contributed by atoms with Gasteiger partial charge in [-0.05, 0) is 111 Å². The van der Waals surface area contributed by atoms with Gasteiger partial charge in [0.15, 0.2) is 0 Å². The van der Waals surface area contributed by atoms with E-state index in [-0.39, 0.29) is 11.9 Å². The number of halogens is 1. The summed E-state index contributed by atoms with van der Waals surface area (Å²) in [6.07, 6.45) is 0. The SMILES string of the molecule is COc1ccc(-n2c(CN(C(=O)c3c(C)cc(C)cc3C)C(C)C)nc3cc(I)ccc32)cc1. The highest BCUT2D eigenvalue weighted by Crippen LogP contribution is 2.27. The van der Waals surface area contributed by atoms with Gasteiger partial charge in [-0.25, -0.2) is 4.98 Å². The van der Waals surface area contributed by atoms with E-state index in [2.05, 4.69) is 78.3 Å². The van der Waals surface area contributed by atoms with Crippen LogP contribution in [0.25, 0.3) is 16.7 Å². The zero-order valence-corrected chi connectivity index (χ0v) is 22.7. The smallest absolute Gasteiger partial charge is 0.255 e. The van der Waals surface area contributed by atoms with Gasteiger partial charge in [-0.2, -0.15) is 0 Å². The first-order chi connectivity index (χ1) is 16.2. The van der Waals surface area contributed by atoms with E-state index in [0.29, 0.717) is 6.54 Å². The van der Waals surface area contributed by atoms with Crippen molar-refractivity contribution in [1.82, 2.24) is 14.5 Å². The monoisotopic (exact) mass is 567 g/mol. The van der Waals surface area contributed by atoms with Crippen molar-refractivity contribution in [2.75, 3.05) is 7.11 Å². The number of hydrogen-bond acceptors (Lipinski definition) is 3. The molecule has 4 rings (SSSR count). The number of carbonyl (C=O) groups is 1. The lowest BCUT2D eigenvalue weighted by molar-refractivity contribution is 0.0683. The Labute approximate surface area is 214 Å². The van der Waals surface area contributed by atoms with Crippen LogP contribution in [0.15, 0.2) is 54.6 Å². The molecule has 0 N–H and O–H groups in total. The van der Waals surface area contributed by atoms with E-state index in [1.807, 2.05) is 43.0 Å². The first-order valence-electron chi connectivity index (χ1n) is 11.4. The molecule has 1 aromatic heterocycles. The summed E-state index contributed by atoms with van der Waals surface area (Å²) in [4.78, 5) is 20.7. The summed E-state index contributed by atoms with van der Waals surface area (Å²) in [7, 11) is 1.66. The number of methoxy groups -OCH3 is 1. The number of ether oxygens (including phenoxy) is 1. The zero-order chi connectivity index (χ0) is 24.6. The molecular formula is C28H30IN3O2. The normalized spacial score (nSPS) is 11.3. The first kappa shape index (κ1) is 24.3. The Morgan fingerprint density at radius 2 is 1.68 bits per heavy atom. The third-order valence-electron chi connectivity index (χ3n) is 6.10. The van der Waals surface area contributed by atoms with Crippen molar-refractivity contribution in [3.05, 3.63) is 86.2 Å². The number of aryl methyl sites for hydroxylation is 3. The fourth-order valence-electron chi connectivity index (χ4n) is 4.53. The summed E-state index contributed by atoms with van der Waals surface area (Å²) < 4.78 is 8.61. The second-order valence-electron chi connectivity index (χ2n) is 9.00. The molecule has 0 atom stereocenters. The van der Waals surface area contributed by atoms with Crippen LogP contribution in [-0.2, 0) is 6.54 Å². The van der Waals surface area contributed by atoms with Gasteiger partial charge in [0, 0.05) is 20.9 Å². The number of hydrogen-bond donors (Lipinski definition) is 0. The number of benzene rings is 3. The number of amides is 1. The van der Waals surface area contributed by atoms with Crippen LogP contribution in [-0.4, -0.2) is 33.5 Å². The Balaban J connectivity index is 1.82. The first-order valence-corrected chi connectivity index (χ1v) is 12.5. The van der Waals surface area contributed by atoms with E-state index in [0.717, 1.165) is 48.6 Å². The highest BCUT2D eigenvalue weighted by molar-refractivity contribution is 14.1. The minimum atomic E-state index is 0.0110. The zero-order valence-electron chi connectivity index (χ0n) is 20.5. The summed E-state index contributed by atoms with van der Waals surface area (Å²) in [6.45, 7) is 10.6. The van der Waals surface area contributed by atoms with Crippen molar-refractivity contribution >= 4 is 39.5 Å². The number of imidazole rings is 1. The average Bonchev–Trinajstić information content (AvgIpc) is 3.13. The van der Waals surface area contributed by atoms with Crippen LogP contribution in [0.5, 0.6) is 5.75 Å². The van der Waals surface area contributed by atoms with Gasteiger partial charge < -0.3 is 9.64 Å². The van der Waals surface area contributed by atoms with Gasteiger partial charge in [0.1, 0.15) is 11.6 Å². The number of carbonyl (C=O) groups excluding carboxylic acids is 1. The maximum atomic E-state index is 13.8. The molecular weight excluding hydrogens is 537 g/mol. The quantitative estimate of drug-likeness (QED) is 0.246. The lowest BCUT2D eigenvalue weighted by Crippen LogP contribution is -2.38. The van der Waals surface area contributed by atoms with Crippen molar-refractivity contribution in [2.45, 2.75) is 47.2 Å². The molecule has 0 unspecified atom stereocenters. The molecule has 0 aliphatic heterocycles. The van der Waals surface area contributed by atoms with Crippen LogP contribution in [0.2, 0.25) is 0 Å². The van der Waals surface area contributed by atoms with Crippen LogP contribution >= 0.6 is 22.6 Å². The molecule has 176 valence electrons. The topological polar surface area (TPSA) is 47.4 Å². The predicted octanol–water partition coefficient (Wildman–Crippen LogP) is 6.61. The lowest BCUT2D eigenvalue weighted by atomic mass is 9.98. The summed E-state index contributed by atoms with van der Waals surface area (Å²) in [5.74, 6) is 1.66. The fourth-order valence-corrected chi connectivity index (χ4v) is 5.01. The van der Waals surface area contributed by atoms with Gasteiger partial charge in [0.2, 0.25) is 0 Å². The van der Waals surface area contributed by atoms with Gasteiger partial charge in [-0.15, -0.1) is 0 Å². The molecule has 1 amide bonds. The van der Waals surface area contributed by atoms with Crippen LogP contribution < -0.4 is 4.74 Å². The van der Waals surface area contributed by atoms with Crippen LogP contribution in [0.1, 0.15) is 46.7 Å². The fraction of sp³-hybridized carbons (Fsp3) is 0.286. The van der Waals surface area contributed by atoms with Crippen molar-refractivity contribution in [3.63, 3.8) is 0 Å². The molecule has 0 aliphatic rings. The number of rotatable bonds is 6. The molecule has 1 heterocycles. The van der Waals surface area contributed by atoms with E-state index in [4.69, 9.17) is 9.72 Å². The highest BCUT2D eigenvalue weighted by atomic mass is 127. The van der Waals surface area contributed by atoms with Gasteiger partial charge in [-0.3, -0.25) is 9.36 Å². The number of fused-ring (bicyclic) bond motifs is 1. The van der Waals surface area contributed by atoms with Crippen molar-refractivity contribution < 1.29 is 9.53 Å². The second-order valence-corrected chi connectivity index (χ2v) is 10.2. The second kappa shape index (κ2) is 9.78. The maximum absolute atomic E-state index is 13.8. The van der Waals surface area contributed by atoms with Gasteiger partial charge in [0.05, 0.1) is 24.7 Å². The molecule has 34 heavy (non-hydrogen) atoms. The largest absolute Gasteiger partial charge is 0.497 e. The molecule has 0 radical (unpaired) electrons. The van der Waals surface area contributed by atoms with E-state index < -0.39 is 0 Å². The molecule has 5 nitrogen and oxygen atoms in total. The van der Waals surface area contributed by atoms with E-state index in [9.17, 15) is 4.79 Å². The molecule has 0 aliphatic carbocycles. The molecule has 0 saturated carbocycles. The average molecular weight is 567 g/mol. The maximum Gasteiger partial charge on any atom is 0.255 e. The molecule has 6 heteroatoms. The predicted molar refractivity (Wildman–Crippen MR) is 146 cm³/mol. The third-order valence-corrected chi connectivity index (χ3v) is 6.77. The third kappa shape index (κ3) is 4.69. The van der Waals surface area contributed by atoms with Gasteiger partial charge >= 0.3 is 0 Å². The minimum Gasteiger partial charge on any atom is -0.497 e. The Hall–Kier alpha value is -2.87. The van der Waals surface area contributed by atoms with E-state index >= 15 is 0 Å². The Bertz CT molecular complexity index is 1330. The highest BCUT2D eigenvalue weighted by Gasteiger charge is 2.25. The lowest BCUT2D eigenvalue weighted by Gasteiger charge is -2.28. The van der Waals surface area contributed by atoms with Crippen molar-refractivity contribution in [1.29, 1.82) is 0 Å². The Morgan fingerprint density at radius 3 is 2.26 bits per heavy atom. The van der Waals surface area contributed by atoms with Crippen LogP contribution in [0.4, 0.5) is 0 Å². The minimum absolute atomic E-state index is 0.0110. The van der Waals surface area contributed by atoms with Crippen molar-refractivity contribution in [3.8, 4) is 11.4 Å². The molecule has 3 aromatic carbocycles. The molecule has 0 spiro atoms. The number of nitrogens with zero attached hydrogens (tertiary/aromatic N) is 3. The molecule has 0 fully saturated rings. The summed E-state index contributed by atoms with van der Waals surface area (Å²) in [5, 5.41) is 0. The van der Waals surface area contributed by atoms with Gasteiger partial charge in [-0.1, -0.05) is 17.7 Å². The molecule has 0 saturated heterocycles. The standard InChI is InChI=1S/C28H30IN3O2/c1-17(2)31(28(33)27-19(4)13-18(3)14-20(27)5)16-26-30-24-15-21(29)7-12-25(24)32(26)22-8-10-23(34-6)11-9-22/h7-15,17H,16H2,1-6H3. The summed E-state index contributed by atoms with van der Waals surface area (Å²) in [6, 6.07) is 18.4. The Morgan fingerprint density at radius 1 is 1.03 bits per heavy atom. The van der Waals surface area contributed by atoms with Gasteiger partial charge in [0.25, 0.3) is 5.91 Å². The Kier molecular flexibility index (Phi) is 6.98. The molecule has 0 bridgehead atoms. The van der Waals surface area contributed by atoms with Crippen LogP contribution in [0, 0.1) is 24.3 Å². The van der Waals surface area contributed by atoms with Crippen LogP contribution in [0.3, 0.4) is 0 Å². The number of aromatic nitrogens is 2. The van der Waals surface area contributed by atoms with E-state index in [1.54, 1.807) is 7.11 Å². The summed E-state index contributed by atoms with van der Waals surface area (Å²) in [5.41, 5.74) is 6.87. The summed E-state index contributed by atoms with van der Waals surface area (Å²) >= 11 is 2.31. The molecule has 4 aromatic rings. The van der Waals surface area contributed by atoms with E-state index in [1.165, 1.54) is 5.56 Å². The van der Waals surface area contributed by atoms with Crippen molar-refractivity contribution in [2.24, 2.45) is 0 Å².